The van der Waals surface area contributed by atoms with E-state index in [0.717, 1.165) is 43.9 Å². The molecule has 0 saturated carbocycles. The molecular formula is C15H21ClN2O. The van der Waals surface area contributed by atoms with Crippen LogP contribution >= 0.6 is 11.6 Å². The lowest BCUT2D eigenvalue weighted by atomic mass is 10.0. The maximum absolute atomic E-state index is 11.1. The highest BCUT2D eigenvalue weighted by atomic mass is 35.5. The first kappa shape index (κ1) is 14.4. The van der Waals surface area contributed by atoms with Crippen molar-refractivity contribution in [3.8, 4) is 0 Å². The van der Waals surface area contributed by atoms with Gasteiger partial charge < -0.3 is 10.2 Å². The molecule has 0 aliphatic carbocycles. The van der Waals surface area contributed by atoms with E-state index in [0.29, 0.717) is 6.04 Å². The van der Waals surface area contributed by atoms with Gasteiger partial charge in [-0.1, -0.05) is 29.8 Å². The Kier molecular flexibility index (Phi) is 5.23. The number of carbonyl (C=O) groups is 1. The third-order valence-electron chi connectivity index (χ3n) is 3.57. The number of hydrogen-bond acceptors (Lipinski definition) is 2. The Bertz CT molecular complexity index is 436. The molecule has 0 aromatic heterocycles. The van der Waals surface area contributed by atoms with Crippen molar-refractivity contribution >= 4 is 17.5 Å². The highest BCUT2D eigenvalue weighted by Crippen LogP contribution is 2.17. The molecule has 1 aromatic rings. The first-order valence-corrected chi connectivity index (χ1v) is 7.26. The number of rotatable bonds is 4. The molecule has 2 rings (SSSR count). The highest BCUT2D eigenvalue weighted by Gasteiger charge is 2.20. The normalized spacial score (nSPS) is 20.2. The molecule has 0 spiro atoms. The molecule has 1 aliphatic rings. The summed E-state index contributed by atoms with van der Waals surface area (Å²) in [5.41, 5.74) is 1.20. The van der Waals surface area contributed by atoms with E-state index >= 15 is 0 Å². The summed E-state index contributed by atoms with van der Waals surface area (Å²) in [6.45, 7) is 4.65. The van der Waals surface area contributed by atoms with Crippen molar-refractivity contribution in [2.45, 2.75) is 32.2 Å². The van der Waals surface area contributed by atoms with Gasteiger partial charge in [0.05, 0.1) is 0 Å². The van der Waals surface area contributed by atoms with E-state index in [-0.39, 0.29) is 5.91 Å². The molecule has 1 aliphatic heterocycles. The summed E-state index contributed by atoms with van der Waals surface area (Å²) in [7, 11) is 0. The smallest absolute Gasteiger partial charge is 0.217 e. The second-order valence-electron chi connectivity index (χ2n) is 5.18. The van der Waals surface area contributed by atoms with Crippen LogP contribution in [0.25, 0.3) is 0 Å². The van der Waals surface area contributed by atoms with Crippen molar-refractivity contribution in [3.63, 3.8) is 0 Å². The van der Waals surface area contributed by atoms with E-state index in [1.54, 1.807) is 6.92 Å². The molecule has 1 aromatic carbocycles. The van der Waals surface area contributed by atoms with Crippen LogP contribution in [0.15, 0.2) is 24.3 Å². The zero-order chi connectivity index (χ0) is 13.7. The Balaban J connectivity index is 1.82. The Hall–Kier alpha value is -1.06. The summed E-state index contributed by atoms with van der Waals surface area (Å²) in [5, 5.41) is 3.86. The maximum atomic E-state index is 11.1. The fourth-order valence-electron chi connectivity index (χ4n) is 2.64. The Morgan fingerprint density at radius 1 is 1.47 bits per heavy atom. The molecule has 1 N–H and O–H groups in total. The number of benzene rings is 1. The van der Waals surface area contributed by atoms with Gasteiger partial charge in [0.15, 0.2) is 0 Å². The van der Waals surface area contributed by atoms with Gasteiger partial charge in [-0.25, -0.2) is 0 Å². The monoisotopic (exact) mass is 280 g/mol. The van der Waals surface area contributed by atoms with Crippen LogP contribution in [0.5, 0.6) is 0 Å². The van der Waals surface area contributed by atoms with E-state index in [2.05, 4.69) is 16.3 Å². The van der Waals surface area contributed by atoms with Gasteiger partial charge in [0.1, 0.15) is 0 Å². The second kappa shape index (κ2) is 6.92. The highest BCUT2D eigenvalue weighted by molar-refractivity contribution is 6.31. The summed E-state index contributed by atoms with van der Waals surface area (Å²) in [6.07, 6.45) is 3.20. The van der Waals surface area contributed by atoms with Crippen molar-refractivity contribution in [1.82, 2.24) is 10.2 Å². The lowest BCUT2D eigenvalue weighted by Crippen LogP contribution is -2.47. The van der Waals surface area contributed by atoms with Crippen molar-refractivity contribution in [2.24, 2.45) is 0 Å². The molecule has 1 atom stereocenters. The summed E-state index contributed by atoms with van der Waals surface area (Å²) >= 11 is 6.16. The van der Waals surface area contributed by atoms with Crippen molar-refractivity contribution < 1.29 is 4.79 Å². The molecule has 1 heterocycles. The number of hydrogen-bond donors (Lipinski definition) is 1. The summed E-state index contributed by atoms with van der Waals surface area (Å²) in [6, 6.07) is 8.31. The molecule has 3 nitrogen and oxygen atoms in total. The standard InChI is InChI=1S/C15H21ClN2O/c1-12(19)17-14-6-4-9-18(11-14)10-8-13-5-2-3-7-15(13)16/h2-3,5,7,14H,4,6,8-11H2,1H3,(H,17,19)/t14-/m0/s1. The van der Waals surface area contributed by atoms with Crippen LogP contribution in [0.2, 0.25) is 5.02 Å². The Morgan fingerprint density at radius 3 is 3.00 bits per heavy atom. The number of piperidine rings is 1. The van der Waals surface area contributed by atoms with Crippen molar-refractivity contribution in [3.05, 3.63) is 34.9 Å². The van der Waals surface area contributed by atoms with E-state index in [9.17, 15) is 4.79 Å². The molecule has 0 bridgehead atoms. The number of nitrogens with zero attached hydrogens (tertiary/aromatic N) is 1. The lowest BCUT2D eigenvalue weighted by molar-refractivity contribution is -0.120. The number of amides is 1. The number of halogens is 1. The predicted octanol–water partition coefficient (Wildman–Crippen LogP) is 2.48. The Morgan fingerprint density at radius 2 is 2.26 bits per heavy atom. The molecule has 4 heteroatoms. The SMILES string of the molecule is CC(=O)N[C@H]1CCCN(CCc2ccccc2Cl)C1. The summed E-state index contributed by atoms with van der Waals surface area (Å²) < 4.78 is 0. The summed E-state index contributed by atoms with van der Waals surface area (Å²) in [5.74, 6) is 0.0675. The average molecular weight is 281 g/mol. The van der Waals surface area contributed by atoms with Gasteiger partial charge in [-0.2, -0.15) is 0 Å². The molecular weight excluding hydrogens is 260 g/mol. The van der Waals surface area contributed by atoms with E-state index in [1.165, 1.54) is 5.56 Å². The molecule has 0 unspecified atom stereocenters. The lowest BCUT2D eigenvalue weighted by Gasteiger charge is -2.33. The van der Waals surface area contributed by atoms with E-state index in [1.807, 2.05) is 18.2 Å². The molecule has 104 valence electrons. The number of likely N-dealkylation sites (tertiary alicyclic amines) is 1. The fraction of sp³-hybridized carbons (Fsp3) is 0.533. The van der Waals surface area contributed by atoms with Gasteiger partial charge in [0, 0.05) is 31.1 Å². The minimum Gasteiger partial charge on any atom is -0.352 e. The Labute approximate surface area is 119 Å². The third-order valence-corrected chi connectivity index (χ3v) is 3.94. The van der Waals surface area contributed by atoms with Gasteiger partial charge in [-0.05, 0) is 37.4 Å². The van der Waals surface area contributed by atoms with Crippen LogP contribution in [-0.4, -0.2) is 36.5 Å². The number of nitrogens with one attached hydrogen (secondary N) is 1. The van der Waals surface area contributed by atoms with Gasteiger partial charge in [-0.3, -0.25) is 4.79 Å². The first-order valence-electron chi connectivity index (χ1n) is 6.88. The minimum absolute atomic E-state index is 0.0675. The second-order valence-corrected chi connectivity index (χ2v) is 5.59. The van der Waals surface area contributed by atoms with Gasteiger partial charge in [0.25, 0.3) is 0 Å². The molecule has 19 heavy (non-hydrogen) atoms. The first-order chi connectivity index (χ1) is 9.15. The van der Waals surface area contributed by atoms with Crippen LogP contribution in [0.1, 0.15) is 25.3 Å². The van der Waals surface area contributed by atoms with Gasteiger partial charge in [0.2, 0.25) is 5.91 Å². The summed E-state index contributed by atoms with van der Waals surface area (Å²) in [4.78, 5) is 13.5. The van der Waals surface area contributed by atoms with Crippen LogP contribution < -0.4 is 5.32 Å². The van der Waals surface area contributed by atoms with Crippen molar-refractivity contribution in [1.29, 1.82) is 0 Å². The minimum atomic E-state index is 0.0675. The third kappa shape index (κ3) is 4.51. The zero-order valence-corrected chi connectivity index (χ0v) is 12.1. The van der Waals surface area contributed by atoms with Crippen molar-refractivity contribution in [2.75, 3.05) is 19.6 Å². The van der Waals surface area contributed by atoms with Crippen LogP contribution in [0.3, 0.4) is 0 Å². The molecule has 1 saturated heterocycles. The predicted molar refractivity (Wildman–Crippen MR) is 78.4 cm³/mol. The molecule has 1 amide bonds. The largest absolute Gasteiger partial charge is 0.352 e. The molecule has 1 fully saturated rings. The van der Waals surface area contributed by atoms with Gasteiger partial charge >= 0.3 is 0 Å². The maximum Gasteiger partial charge on any atom is 0.217 e. The average Bonchev–Trinajstić information content (AvgIpc) is 2.37. The van der Waals surface area contributed by atoms with Gasteiger partial charge in [-0.15, -0.1) is 0 Å². The van der Waals surface area contributed by atoms with E-state index in [4.69, 9.17) is 11.6 Å². The van der Waals surface area contributed by atoms with E-state index < -0.39 is 0 Å². The topological polar surface area (TPSA) is 32.3 Å². The number of carbonyl (C=O) groups excluding carboxylic acids is 1. The zero-order valence-electron chi connectivity index (χ0n) is 11.4. The quantitative estimate of drug-likeness (QED) is 0.919. The van der Waals surface area contributed by atoms with Crippen LogP contribution in [-0.2, 0) is 11.2 Å². The molecule has 0 radical (unpaired) electrons. The fourth-order valence-corrected chi connectivity index (χ4v) is 2.87. The van der Waals surface area contributed by atoms with Crippen LogP contribution in [0.4, 0.5) is 0 Å². The van der Waals surface area contributed by atoms with Crippen LogP contribution in [0, 0.1) is 0 Å².